The first-order valence-electron chi connectivity index (χ1n) is 4.89. The Morgan fingerprint density at radius 3 is 2.80 bits per heavy atom. The van der Waals surface area contributed by atoms with E-state index < -0.39 is 0 Å². The second-order valence-electron chi connectivity index (χ2n) is 3.99. The van der Waals surface area contributed by atoms with E-state index in [0.29, 0.717) is 13.1 Å². The molecule has 1 heterocycles. The van der Waals surface area contributed by atoms with Crippen LogP contribution in [0.25, 0.3) is 0 Å². The van der Waals surface area contributed by atoms with Crippen molar-refractivity contribution in [1.29, 1.82) is 0 Å². The Morgan fingerprint density at radius 2 is 2.33 bits per heavy atom. The summed E-state index contributed by atoms with van der Waals surface area (Å²) in [4.78, 5) is 12.4. The van der Waals surface area contributed by atoms with Crippen LogP contribution in [0.15, 0.2) is 15.9 Å². The molecule has 1 aliphatic carbocycles. The second kappa shape index (κ2) is 4.23. The van der Waals surface area contributed by atoms with E-state index >= 15 is 0 Å². The fraction of sp³-hybridized carbons (Fsp3) is 0.500. The Morgan fingerprint density at radius 1 is 1.60 bits per heavy atom. The van der Waals surface area contributed by atoms with Crippen molar-refractivity contribution in [3.63, 3.8) is 0 Å². The van der Waals surface area contributed by atoms with Gasteiger partial charge in [0.1, 0.15) is 0 Å². The molecule has 0 saturated heterocycles. The number of halogens is 1. The van der Waals surface area contributed by atoms with Gasteiger partial charge in [0.2, 0.25) is 0 Å². The second-order valence-corrected chi connectivity index (χ2v) is 6.45. The van der Waals surface area contributed by atoms with Gasteiger partial charge in [-0.05, 0) is 47.4 Å². The number of nitrogens with one attached hydrogen (secondary N) is 1. The first-order valence-corrected chi connectivity index (χ1v) is 6.50. The van der Waals surface area contributed by atoms with E-state index in [2.05, 4.69) is 21.2 Å². The van der Waals surface area contributed by atoms with Crippen molar-refractivity contribution in [1.82, 2.24) is 5.32 Å². The molecule has 1 fully saturated rings. The van der Waals surface area contributed by atoms with Gasteiger partial charge in [-0.3, -0.25) is 4.79 Å². The Balaban J connectivity index is 1.88. The molecule has 0 aromatic carbocycles. The van der Waals surface area contributed by atoms with Crippen molar-refractivity contribution in [2.75, 3.05) is 13.1 Å². The number of nitrogens with two attached hydrogens (primary N) is 1. The fourth-order valence-corrected chi connectivity index (χ4v) is 2.72. The summed E-state index contributed by atoms with van der Waals surface area (Å²) in [6, 6.07) is 3.71. The predicted octanol–water partition coefficient (Wildman–Crippen LogP) is 1.98. The predicted molar refractivity (Wildman–Crippen MR) is 65.1 cm³/mol. The molecular formula is C10H13BrN2OS. The molecule has 1 aromatic rings. The normalized spacial score (nSPS) is 17.5. The van der Waals surface area contributed by atoms with Gasteiger partial charge in [0.05, 0.1) is 8.66 Å². The van der Waals surface area contributed by atoms with Crippen molar-refractivity contribution in [3.8, 4) is 0 Å². The lowest BCUT2D eigenvalue weighted by molar-refractivity contribution is 0.0949. The van der Waals surface area contributed by atoms with Gasteiger partial charge < -0.3 is 11.1 Å². The zero-order valence-electron chi connectivity index (χ0n) is 8.25. The highest BCUT2D eigenvalue weighted by Crippen LogP contribution is 2.43. The SMILES string of the molecule is NCC1(CNC(=O)c2ccc(Br)s2)CC1. The maximum atomic E-state index is 11.7. The summed E-state index contributed by atoms with van der Waals surface area (Å²) in [6.45, 7) is 1.37. The first-order chi connectivity index (χ1) is 7.15. The van der Waals surface area contributed by atoms with Gasteiger partial charge in [-0.25, -0.2) is 0 Å². The molecule has 0 aliphatic heterocycles. The van der Waals surface area contributed by atoms with Crippen LogP contribution in [0.4, 0.5) is 0 Å². The number of thiophene rings is 1. The molecule has 0 atom stereocenters. The smallest absolute Gasteiger partial charge is 0.261 e. The number of rotatable bonds is 4. The first kappa shape index (κ1) is 11.1. The van der Waals surface area contributed by atoms with E-state index in [1.165, 1.54) is 11.3 Å². The summed E-state index contributed by atoms with van der Waals surface area (Å²) in [5.41, 5.74) is 5.84. The maximum Gasteiger partial charge on any atom is 0.261 e. The van der Waals surface area contributed by atoms with Crippen LogP contribution in [-0.4, -0.2) is 19.0 Å². The van der Waals surface area contributed by atoms with E-state index in [1.807, 2.05) is 12.1 Å². The quantitative estimate of drug-likeness (QED) is 0.890. The highest BCUT2D eigenvalue weighted by atomic mass is 79.9. The van der Waals surface area contributed by atoms with Gasteiger partial charge >= 0.3 is 0 Å². The molecule has 1 saturated carbocycles. The topological polar surface area (TPSA) is 55.1 Å². The average molecular weight is 289 g/mol. The molecule has 1 amide bonds. The molecular weight excluding hydrogens is 276 g/mol. The summed E-state index contributed by atoms with van der Waals surface area (Å²) >= 11 is 4.78. The largest absolute Gasteiger partial charge is 0.351 e. The van der Waals surface area contributed by atoms with Crippen molar-refractivity contribution in [3.05, 3.63) is 20.8 Å². The molecule has 0 unspecified atom stereocenters. The van der Waals surface area contributed by atoms with Crippen molar-refractivity contribution >= 4 is 33.2 Å². The molecule has 82 valence electrons. The van der Waals surface area contributed by atoms with Crippen LogP contribution in [0.5, 0.6) is 0 Å². The van der Waals surface area contributed by atoms with Crippen LogP contribution in [-0.2, 0) is 0 Å². The van der Waals surface area contributed by atoms with Gasteiger partial charge in [-0.15, -0.1) is 11.3 Å². The molecule has 0 radical (unpaired) electrons. The Hall–Kier alpha value is -0.390. The zero-order chi connectivity index (χ0) is 10.9. The minimum absolute atomic E-state index is 0.00502. The molecule has 0 spiro atoms. The van der Waals surface area contributed by atoms with E-state index in [0.717, 1.165) is 21.5 Å². The third-order valence-electron chi connectivity index (χ3n) is 2.81. The molecule has 3 N–H and O–H groups in total. The van der Waals surface area contributed by atoms with E-state index in [4.69, 9.17) is 5.73 Å². The summed E-state index contributed by atoms with van der Waals surface area (Å²) in [5.74, 6) is 0.00502. The van der Waals surface area contributed by atoms with Crippen molar-refractivity contribution in [2.45, 2.75) is 12.8 Å². The molecule has 1 aromatic heterocycles. The van der Waals surface area contributed by atoms with Crippen molar-refractivity contribution < 1.29 is 4.79 Å². The summed E-state index contributed by atoms with van der Waals surface area (Å²) in [5, 5.41) is 2.94. The lowest BCUT2D eigenvalue weighted by Crippen LogP contribution is -2.33. The van der Waals surface area contributed by atoms with Crippen LogP contribution in [0.1, 0.15) is 22.5 Å². The molecule has 5 heteroatoms. The monoisotopic (exact) mass is 288 g/mol. The van der Waals surface area contributed by atoms with E-state index in [9.17, 15) is 4.79 Å². The van der Waals surface area contributed by atoms with Crippen molar-refractivity contribution in [2.24, 2.45) is 11.1 Å². The highest BCUT2D eigenvalue weighted by Gasteiger charge is 2.41. The Bertz CT molecular complexity index is 373. The average Bonchev–Trinajstić information content (AvgIpc) is 2.90. The van der Waals surface area contributed by atoms with Gasteiger partial charge in [0, 0.05) is 12.0 Å². The zero-order valence-corrected chi connectivity index (χ0v) is 10.7. The van der Waals surface area contributed by atoms with Gasteiger partial charge in [0.15, 0.2) is 0 Å². The van der Waals surface area contributed by atoms with E-state index in [1.54, 1.807) is 0 Å². The number of carbonyl (C=O) groups is 1. The fourth-order valence-electron chi connectivity index (χ4n) is 1.42. The lowest BCUT2D eigenvalue weighted by Gasteiger charge is -2.12. The van der Waals surface area contributed by atoms with Crippen LogP contribution in [0.3, 0.4) is 0 Å². The number of hydrogen-bond acceptors (Lipinski definition) is 3. The number of carbonyl (C=O) groups excluding carboxylic acids is 1. The van der Waals surface area contributed by atoms with E-state index in [-0.39, 0.29) is 11.3 Å². The summed E-state index contributed by atoms with van der Waals surface area (Å²) in [7, 11) is 0. The third kappa shape index (κ3) is 2.59. The third-order valence-corrected chi connectivity index (χ3v) is 4.43. The molecule has 1 aliphatic rings. The standard InChI is InChI=1S/C10H13BrN2OS/c11-8-2-1-7(15-8)9(14)13-6-10(5-12)3-4-10/h1-2H,3-6,12H2,(H,13,14). The summed E-state index contributed by atoms with van der Waals surface area (Å²) < 4.78 is 0.979. The van der Waals surface area contributed by atoms with Gasteiger partial charge in [-0.1, -0.05) is 0 Å². The lowest BCUT2D eigenvalue weighted by atomic mass is 10.1. The molecule has 0 bridgehead atoms. The minimum atomic E-state index is 0.00502. The Kier molecular flexibility index (Phi) is 3.13. The molecule has 3 nitrogen and oxygen atoms in total. The minimum Gasteiger partial charge on any atom is -0.351 e. The van der Waals surface area contributed by atoms with Gasteiger partial charge in [-0.2, -0.15) is 0 Å². The number of hydrogen-bond donors (Lipinski definition) is 2. The van der Waals surface area contributed by atoms with Crippen LogP contribution < -0.4 is 11.1 Å². The highest BCUT2D eigenvalue weighted by molar-refractivity contribution is 9.11. The Labute approximate surface area is 101 Å². The van der Waals surface area contributed by atoms with Gasteiger partial charge in [0.25, 0.3) is 5.91 Å². The molecule has 2 rings (SSSR count). The number of amides is 1. The maximum absolute atomic E-state index is 11.7. The van der Waals surface area contributed by atoms with Crippen LogP contribution in [0.2, 0.25) is 0 Å². The summed E-state index contributed by atoms with van der Waals surface area (Å²) in [6.07, 6.45) is 2.27. The van der Waals surface area contributed by atoms with Crippen LogP contribution >= 0.6 is 27.3 Å². The van der Waals surface area contributed by atoms with Crippen LogP contribution in [0, 0.1) is 5.41 Å². The molecule has 15 heavy (non-hydrogen) atoms.